The third-order valence-electron chi connectivity index (χ3n) is 3.22. The van der Waals surface area contributed by atoms with Crippen molar-refractivity contribution in [2.24, 2.45) is 0 Å². The van der Waals surface area contributed by atoms with E-state index in [0.717, 1.165) is 11.4 Å². The molecule has 2 N–H and O–H groups in total. The molecule has 0 heterocycles. The van der Waals surface area contributed by atoms with Gasteiger partial charge in [-0.05, 0) is 38.1 Å². The summed E-state index contributed by atoms with van der Waals surface area (Å²) in [5, 5.41) is 5.98. The number of hydrogen-bond donors (Lipinski definition) is 2. The third-order valence-corrected chi connectivity index (χ3v) is 3.22. The number of nitrogens with one attached hydrogen (secondary N) is 2. The molecule has 2 atom stereocenters. The summed E-state index contributed by atoms with van der Waals surface area (Å²) in [5.41, 5.74) is 1.58. The van der Waals surface area contributed by atoms with Crippen molar-refractivity contribution in [2.45, 2.75) is 25.9 Å². The van der Waals surface area contributed by atoms with Crippen molar-refractivity contribution in [3.63, 3.8) is 0 Å². The van der Waals surface area contributed by atoms with Crippen LogP contribution in [0, 0.1) is 0 Å². The Morgan fingerprint density at radius 1 is 0.739 bits per heavy atom. The average Bonchev–Trinajstić information content (AvgIpc) is 2.56. The van der Waals surface area contributed by atoms with E-state index in [1.165, 1.54) is 0 Å². The number of carbonyl (C=O) groups is 2. The molecule has 0 saturated heterocycles. The summed E-state index contributed by atoms with van der Waals surface area (Å²) >= 11 is 0. The largest absolute Gasteiger partial charge is 0.390 e. The van der Waals surface area contributed by atoms with Gasteiger partial charge in [-0.15, -0.1) is 0 Å². The summed E-state index contributed by atoms with van der Waals surface area (Å²) in [6, 6.07) is 17.3. The minimum atomic E-state index is -0.620. The molecule has 23 heavy (non-hydrogen) atoms. The Hall–Kier alpha value is -2.82. The van der Waals surface area contributed by atoms with Crippen molar-refractivity contribution in [3.05, 3.63) is 60.7 Å². The molecule has 0 aliphatic carbocycles. The second-order valence-electron chi connectivity index (χ2n) is 5.20. The van der Waals surface area contributed by atoms with Crippen molar-refractivity contribution in [1.82, 2.24) is 0 Å². The highest BCUT2D eigenvalue weighted by Crippen LogP contribution is 2.10. The van der Waals surface area contributed by atoms with Gasteiger partial charge in [0.25, 0.3) is 0 Å². The molecule has 0 aliphatic rings. The normalized spacial score (nSPS) is 12.8. The predicted molar refractivity (Wildman–Crippen MR) is 90.2 cm³/mol. The first-order valence-corrected chi connectivity index (χ1v) is 7.45. The Kier molecular flexibility index (Phi) is 5.74. The van der Waals surface area contributed by atoms with Gasteiger partial charge in [-0.25, -0.2) is 9.59 Å². The van der Waals surface area contributed by atoms with Crippen LogP contribution >= 0.6 is 0 Å². The fourth-order valence-corrected chi connectivity index (χ4v) is 1.96. The zero-order valence-corrected chi connectivity index (χ0v) is 13.2. The highest BCUT2D eigenvalue weighted by atomic mass is 16.6. The minimum absolute atomic E-state index is 0.611. The van der Waals surface area contributed by atoms with Crippen LogP contribution in [0.1, 0.15) is 13.8 Å². The van der Waals surface area contributed by atoms with Gasteiger partial charge in [0.05, 0.1) is 0 Å². The van der Waals surface area contributed by atoms with E-state index >= 15 is 0 Å². The van der Waals surface area contributed by atoms with E-state index in [0.29, 0.717) is 0 Å². The van der Waals surface area contributed by atoms with Crippen molar-refractivity contribution >= 4 is 23.3 Å². The van der Waals surface area contributed by atoms with Crippen molar-refractivity contribution < 1.29 is 14.3 Å². The molecule has 0 aromatic heterocycles. The summed E-state index contributed by atoms with van der Waals surface area (Å²) in [6.45, 7) is 3.30. The lowest BCUT2D eigenvalue weighted by molar-refractivity contribution is -0.160. The molecular weight excluding hydrogens is 292 g/mol. The van der Waals surface area contributed by atoms with Gasteiger partial charge in [0.15, 0.2) is 0 Å². The Morgan fingerprint density at radius 3 is 1.43 bits per heavy atom. The molecule has 0 aliphatic heterocycles. The van der Waals surface area contributed by atoms with Gasteiger partial charge in [0.2, 0.25) is 0 Å². The Labute approximate surface area is 135 Å². The lowest BCUT2D eigenvalue weighted by atomic mass is 10.2. The lowest BCUT2D eigenvalue weighted by Crippen LogP contribution is -2.35. The average molecular weight is 312 g/mol. The number of hydrogen-bond acceptors (Lipinski definition) is 5. The fourth-order valence-electron chi connectivity index (χ4n) is 1.96. The van der Waals surface area contributed by atoms with Crippen LogP contribution in [-0.4, -0.2) is 24.0 Å². The zero-order valence-electron chi connectivity index (χ0n) is 13.2. The smallest absolute Gasteiger partial charge is 0.335 e. The van der Waals surface area contributed by atoms with E-state index in [-0.39, 0.29) is 0 Å². The van der Waals surface area contributed by atoms with E-state index in [1.54, 1.807) is 13.8 Å². The van der Waals surface area contributed by atoms with Crippen LogP contribution in [0.4, 0.5) is 11.4 Å². The highest BCUT2D eigenvalue weighted by molar-refractivity contribution is 5.92. The zero-order chi connectivity index (χ0) is 16.7. The molecule has 2 rings (SSSR count). The molecule has 2 unspecified atom stereocenters. The molecule has 5 heteroatoms. The number of anilines is 2. The second kappa shape index (κ2) is 7.98. The highest BCUT2D eigenvalue weighted by Gasteiger charge is 2.22. The van der Waals surface area contributed by atoms with E-state index in [1.807, 2.05) is 60.7 Å². The number of ether oxygens (including phenoxy) is 1. The van der Waals surface area contributed by atoms with Gasteiger partial charge in [-0.1, -0.05) is 36.4 Å². The molecule has 0 radical (unpaired) electrons. The van der Waals surface area contributed by atoms with Gasteiger partial charge >= 0.3 is 11.9 Å². The van der Waals surface area contributed by atoms with E-state index in [9.17, 15) is 9.59 Å². The first kappa shape index (κ1) is 16.5. The van der Waals surface area contributed by atoms with Gasteiger partial charge in [-0.2, -0.15) is 0 Å². The maximum atomic E-state index is 12.0. The fraction of sp³-hybridized carbons (Fsp3) is 0.222. The van der Waals surface area contributed by atoms with Crippen LogP contribution in [0.5, 0.6) is 0 Å². The summed E-state index contributed by atoms with van der Waals surface area (Å²) in [5.74, 6) is -1.22. The quantitative estimate of drug-likeness (QED) is 0.634. The Morgan fingerprint density at radius 2 is 1.09 bits per heavy atom. The summed E-state index contributed by atoms with van der Waals surface area (Å²) in [4.78, 5) is 24.0. The monoisotopic (exact) mass is 312 g/mol. The van der Waals surface area contributed by atoms with Crippen LogP contribution in [0.25, 0.3) is 0 Å². The van der Waals surface area contributed by atoms with Crippen LogP contribution in [0.3, 0.4) is 0 Å². The molecule has 5 nitrogen and oxygen atoms in total. The molecule has 0 saturated carbocycles. The van der Waals surface area contributed by atoms with Crippen LogP contribution in [-0.2, 0) is 14.3 Å². The van der Waals surface area contributed by atoms with Gasteiger partial charge < -0.3 is 15.4 Å². The summed E-state index contributed by atoms with van der Waals surface area (Å²) < 4.78 is 4.92. The first-order chi connectivity index (χ1) is 11.1. The first-order valence-electron chi connectivity index (χ1n) is 7.45. The van der Waals surface area contributed by atoms with Gasteiger partial charge in [0.1, 0.15) is 12.1 Å². The summed E-state index contributed by atoms with van der Waals surface area (Å²) in [7, 11) is 0. The lowest BCUT2D eigenvalue weighted by Gasteiger charge is -2.17. The number of esters is 2. The topological polar surface area (TPSA) is 67.4 Å². The van der Waals surface area contributed by atoms with Crippen LogP contribution < -0.4 is 10.6 Å². The SMILES string of the molecule is CC(Nc1ccccc1)C(=O)OC(=O)C(C)Nc1ccccc1. The Bertz CT molecular complexity index is 586. The van der Waals surface area contributed by atoms with E-state index in [4.69, 9.17) is 4.74 Å². The van der Waals surface area contributed by atoms with Crippen molar-refractivity contribution in [1.29, 1.82) is 0 Å². The molecule has 0 fully saturated rings. The molecule has 0 spiro atoms. The predicted octanol–water partition coefficient (Wildman–Crippen LogP) is 3.06. The van der Waals surface area contributed by atoms with E-state index < -0.39 is 24.0 Å². The number of benzene rings is 2. The molecular formula is C18H20N2O3. The third kappa shape index (κ3) is 5.14. The van der Waals surface area contributed by atoms with Crippen molar-refractivity contribution in [2.75, 3.05) is 10.6 Å². The minimum Gasteiger partial charge on any atom is -0.390 e. The number of carbonyl (C=O) groups excluding carboxylic acids is 2. The standard InChI is InChI=1S/C18H20N2O3/c1-13(19-15-9-5-3-6-10-15)17(21)23-18(22)14(2)20-16-11-7-4-8-12-16/h3-14,19-20H,1-2H3. The summed E-state index contributed by atoms with van der Waals surface area (Å²) in [6.07, 6.45) is 0. The van der Waals surface area contributed by atoms with E-state index in [2.05, 4.69) is 10.6 Å². The maximum absolute atomic E-state index is 12.0. The molecule has 2 aromatic rings. The second-order valence-corrected chi connectivity index (χ2v) is 5.20. The Balaban J connectivity index is 1.85. The van der Waals surface area contributed by atoms with Crippen LogP contribution in [0.2, 0.25) is 0 Å². The molecule has 2 aromatic carbocycles. The van der Waals surface area contributed by atoms with Gasteiger partial charge in [0, 0.05) is 11.4 Å². The molecule has 0 amide bonds. The number of para-hydroxylation sites is 2. The van der Waals surface area contributed by atoms with Gasteiger partial charge in [-0.3, -0.25) is 0 Å². The van der Waals surface area contributed by atoms with Crippen LogP contribution in [0.15, 0.2) is 60.7 Å². The number of rotatable bonds is 6. The maximum Gasteiger partial charge on any atom is 0.335 e. The molecule has 120 valence electrons. The molecule has 0 bridgehead atoms. The van der Waals surface area contributed by atoms with Crippen molar-refractivity contribution in [3.8, 4) is 0 Å².